The Kier molecular flexibility index (Phi) is 12.3. The highest BCUT2D eigenvalue weighted by molar-refractivity contribution is 7.92. The second kappa shape index (κ2) is 16.1. The van der Waals surface area contributed by atoms with Gasteiger partial charge in [0.15, 0.2) is 0 Å². The number of carbonyl (C=O) groups excluding carboxylic acids is 2. The monoisotopic (exact) mass is 685 g/mol. The molecule has 0 spiro atoms. The van der Waals surface area contributed by atoms with Crippen molar-refractivity contribution in [2.45, 2.75) is 43.7 Å². The number of nitrogens with zero attached hydrogens (tertiary/aromatic N) is 2. The van der Waals surface area contributed by atoms with Gasteiger partial charge in [0.1, 0.15) is 12.6 Å². The van der Waals surface area contributed by atoms with E-state index in [1.807, 2.05) is 37.3 Å². The van der Waals surface area contributed by atoms with E-state index in [0.717, 1.165) is 22.7 Å². The molecule has 4 aromatic rings. The first-order chi connectivity index (χ1) is 21.6. The maximum absolute atomic E-state index is 14.5. The van der Waals surface area contributed by atoms with E-state index in [-0.39, 0.29) is 29.5 Å². The lowest BCUT2D eigenvalue weighted by molar-refractivity contribution is -0.140. The molecule has 0 radical (unpaired) electrons. The fraction of sp³-hybridized carbons (Fsp3) is 0.235. The number of nitrogens with one attached hydrogen (secondary N) is 1. The molecule has 0 aliphatic rings. The lowest BCUT2D eigenvalue weighted by atomic mass is 10.0. The molecule has 11 heteroatoms. The zero-order valence-electron chi connectivity index (χ0n) is 24.7. The number of benzene rings is 4. The van der Waals surface area contributed by atoms with Crippen molar-refractivity contribution in [3.8, 4) is 0 Å². The van der Waals surface area contributed by atoms with Gasteiger partial charge in [-0.3, -0.25) is 13.9 Å². The minimum atomic E-state index is -4.28. The van der Waals surface area contributed by atoms with Crippen molar-refractivity contribution in [2.75, 3.05) is 17.4 Å². The molecule has 1 N–H and O–H groups in total. The quantitative estimate of drug-likeness (QED) is 0.140. The minimum Gasteiger partial charge on any atom is -0.354 e. The normalized spacial score (nSPS) is 11.9. The predicted molar refractivity (Wildman–Crippen MR) is 181 cm³/mol. The third-order valence-corrected chi connectivity index (χ3v) is 9.82. The Bertz CT molecular complexity index is 1700. The third-order valence-electron chi connectivity index (χ3n) is 7.18. The largest absolute Gasteiger partial charge is 0.354 e. The standard InChI is InChI=1S/C34H34Cl3N3O4S/c1-2-3-20-38-34(42)32(21-25-10-5-4-6-11-25)39(23-26-12-7-8-15-31(26)37)33(41)24-40(29-14-9-13-28(36)22-29)45(43,44)30-18-16-27(35)17-19-30/h4-19,22,32H,2-3,20-21,23-24H2,1H3,(H,38,42). The van der Waals surface area contributed by atoms with Crippen LogP contribution >= 0.6 is 34.8 Å². The highest BCUT2D eigenvalue weighted by Crippen LogP contribution is 2.28. The number of halogens is 3. The summed E-state index contributed by atoms with van der Waals surface area (Å²) in [4.78, 5) is 29.6. The van der Waals surface area contributed by atoms with Crippen LogP contribution in [0.5, 0.6) is 0 Å². The maximum Gasteiger partial charge on any atom is 0.264 e. The summed E-state index contributed by atoms with van der Waals surface area (Å²) in [5.74, 6) is -0.943. The number of sulfonamides is 1. The zero-order valence-corrected chi connectivity index (χ0v) is 27.8. The second-order valence-electron chi connectivity index (χ2n) is 10.4. The van der Waals surface area contributed by atoms with Crippen LogP contribution in [0.15, 0.2) is 108 Å². The number of hydrogen-bond donors (Lipinski definition) is 1. The van der Waals surface area contributed by atoms with Crippen LogP contribution in [-0.2, 0) is 32.6 Å². The van der Waals surface area contributed by atoms with Gasteiger partial charge in [0.2, 0.25) is 11.8 Å². The lowest BCUT2D eigenvalue weighted by Crippen LogP contribution is -2.53. The number of anilines is 1. The number of amides is 2. The molecule has 0 saturated carbocycles. The van der Waals surface area contributed by atoms with Gasteiger partial charge in [-0.15, -0.1) is 0 Å². The molecule has 7 nitrogen and oxygen atoms in total. The fourth-order valence-corrected chi connectivity index (χ4v) is 6.68. The van der Waals surface area contributed by atoms with E-state index in [4.69, 9.17) is 34.8 Å². The van der Waals surface area contributed by atoms with Crippen LogP contribution in [0.4, 0.5) is 5.69 Å². The summed E-state index contributed by atoms with van der Waals surface area (Å²) in [5, 5.41) is 4.04. The molecular formula is C34H34Cl3N3O4S. The molecule has 4 rings (SSSR count). The summed E-state index contributed by atoms with van der Waals surface area (Å²) in [6.07, 6.45) is 1.85. The van der Waals surface area contributed by atoms with Crippen LogP contribution in [0, 0.1) is 0 Å². The van der Waals surface area contributed by atoms with E-state index in [9.17, 15) is 18.0 Å². The topological polar surface area (TPSA) is 86.8 Å². The molecule has 0 aliphatic heterocycles. The molecule has 1 unspecified atom stereocenters. The molecule has 0 aliphatic carbocycles. The van der Waals surface area contributed by atoms with E-state index in [1.165, 1.54) is 35.2 Å². The Morgan fingerprint density at radius 2 is 1.51 bits per heavy atom. The Hall–Kier alpha value is -3.56. The van der Waals surface area contributed by atoms with Crippen LogP contribution in [0.25, 0.3) is 0 Å². The van der Waals surface area contributed by atoms with Crippen LogP contribution in [0.3, 0.4) is 0 Å². The van der Waals surface area contributed by atoms with Gasteiger partial charge in [0.05, 0.1) is 10.6 Å². The Balaban J connectivity index is 1.80. The van der Waals surface area contributed by atoms with Gasteiger partial charge in [0.25, 0.3) is 10.0 Å². The van der Waals surface area contributed by atoms with E-state index in [0.29, 0.717) is 27.2 Å². The summed E-state index contributed by atoms with van der Waals surface area (Å²) in [7, 11) is -4.28. The van der Waals surface area contributed by atoms with Crippen LogP contribution < -0.4 is 9.62 Å². The van der Waals surface area contributed by atoms with Gasteiger partial charge in [-0.2, -0.15) is 0 Å². The average Bonchev–Trinajstić information content (AvgIpc) is 3.03. The van der Waals surface area contributed by atoms with Crippen LogP contribution in [-0.4, -0.2) is 44.3 Å². The molecule has 2 amide bonds. The molecule has 0 aromatic heterocycles. The van der Waals surface area contributed by atoms with Crippen molar-refractivity contribution in [3.63, 3.8) is 0 Å². The average molecular weight is 687 g/mol. The molecular weight excluding hydrogens is 653 g/mol. The van der Waals surface area contributed by atoms with Gasteiger partial charge < -0.3 is 10.2 Å². The molecule has 4 aromatic carbocycles. The van der Waals surface area contributed by atoms with Crippen molar-refractivity contribution in [2.24, 2.45) is 0 Å². The SMILES string of the molecule is CCCCNC(=O)C(Cc1ccccc1)N(Cc1ccccc1Cl)C(=O)CN(c1cccc(Cl)c1)S(=O)(=O)c1ccc(Cl)cc1. The number of carbonyl (C=O) groups is 2. The summed E-state index contributed by atoms with van der Waals surface area (Å²) >= 11 is 18.8. The van der Waals surface area contributed by atoms with Crippen molar-refractivity contribution < 1.29 is 18.0 Å². The first-order valence-electron chi connectivity index (χ1n) is 14.5. The molecule has 0 bridgehead atoms. The molecule has 0 saturated heterocycles. The number of hydrogen-bond acceptors (Lipinski definition) is 4. The summed E-state index contributed by atoms with van der Waals surface area (Å²) in [5.41, 5.74) is 1.64. The zero-order chi connectivity index (χ0) is 32.4. The highest BCUT2D eigenvalue weighted by atomic mass is 35.5. The molecule has 0 fully saturated rings. The van der Waals surface area contributed by atoms with Crippen molar-refractivity contribution in [1.29, 1.82) is 0 Å². The van der Waals surface area contributed by atoms with Crippen molar-refractivity contribution >= 4 is 62.3 Å². The molecule has 0 heterocycles. The van der Waals surface area contributed by atoms with Crippen LogP contribution in [0.1, 0.15) is 30.9 Å². The molecule has 236 valence electrons. The van der Waals surface area contributed by atoms with Gasteiger partial charge in [-0.05, 0) is 66.1 Å². The summed E-state index contributed by atoms with van der Waals surface area (Å²) in [6.45, 7) is 1.82. The van der Waals surface area contributed by atoms with Gasteiger partial charge >= 0.3 is 0 Å². The van der Waals surface area contributed by atoms with Crippen molar-refractivity contribution in [3.05, 3.63) is 129 Å². The van der Waals surface area contributed by atoms with E-state index in [1.54, 1.807) is 42.5 Å². The maximum atomic E-state index is 14.5. The van der Waals surface area contributed by atoms with Gasteiger partial charge in [-0.25, -0.2) is 8.42 Å². The van der Waals surface area contributed by atoms with E-state index < -0.39 is 28.5 Å². The van der Waals surface area contributed by atoms with Gasteiger partial charge in [-0.1, -0.05) is 103 Å². The minimum absolute atomic E-state index is 0.0262. The smallest absolute Gasteiger partial charge is 0.264 e. The van der Waals surface area contributed by atoms with E-state index in [2.05, 4.69) is 5.32 Å². The van der Waals surface area contributed by atoms with Gasteiger partial charge in [0, 0.05) is 34.6 Å². The number of unbranched alkanes of at least 4 members (excludes halogenated alkanes) is 1. The predicted octanol–water partition coefficient (Wildman–Crippen LogP) is 7.40. The Labute approximate surface area is 279 Å². The van der Waals surface area contributed by atoms with Crippen molar-refractivity contribution in [1.82, 2.24) is 10.2 Å². The molecule has 45 heavy (non-hydrogen) atoms. The molecule has 1 atom stereocenters. The summed E-state index contributed by atoms with van der Waals surface area (Å²) in [6, 6.07) is 27.4. The van der Waals surface area contributed by atoms with E-state index >= 15 is 0 Å². The fourth-order valence-electron chi connectivity index (χ4n) is 4.76. The Morgan fingerprint density at radius 3 is 2.18 bits per heavy atom. The lowest BCUT2D eigenvalue weighted by Gasteiger charge is -2.34. The third kappa shape index (κ3) is 9.23. The first kappa shape index (κ1) is 34.3. The Morgan fingerprint density at radius 1 is 0.822 bits per heavy atom. The highest BCUT2D eigenvalue weighted by Gasteiger charge is 2.35. The number of rotatable bonds is 14. The second-order valence-corrected chi connectivity index (χ2v) is 13.6. The summed E-state index contributed by atoms with van der Waals surface area (Å²) < 4.78 is 29.1. The first-order valence-corrected chi connectivity index (χ1v) is 17.1. The van der Waals surface area contributed by atoms with Crippen LogP contribution in [0.2, 0.25) is 15.1 Å².